The van der Waals surface area contributed by atoms with Gasteiger partial charge in [-0.3, -0.25) is 14.5 Å². The number of carbonyl (C=O) groups is 2. The molecular formula is C23H20N2O4. The molecule has 6 nitrogen and oxygen atoms in total. The normalized spacial score (nSPS) is 13.0. The molecule has 0 saturated heterocycles. The van der Waals surface area contributed by atoms with Gasteiger partial charge in [0.2, 0.25) is 0 Å². The lowest BCUT2D eigenvalue weighted by molar-refractivity contribution is 0.0609. The van der Waals surface area contributed by atoms with Gasteiger partial charge in [-0.1, -0.05) is 30.3 Å². The molecule has 1 heterocycles. The summed E-state index contributed by atoms with van der Waals surface area (Å²) in [4.78, 5) is 27.7. The molecule has 29 heavy (non-hydrogen) atoms. The molecule has 0 aromatic heterocycles. The molecule has 2 N–H and O–H groups in total. The predicted octanol–water partition coefficient (Wildman–Crippen LogP) is 3.67. The molecule has 0 saturated carbocycles. The Morgan fingerprint density at radius 2 is 1.28 bits per heavy atom. The first-order valence-corrected chi connectivity index (χ1v) is 9.09. The maximum atomic E-state index is 13.2. The second kappa shape index (κ2) is 7.31. The largest absolute Gasteiger partial charge is 0.497 e. The Hall–Kier alpha value is -3.80. The topological polar surface area (TPSA) is 81.9 Å². The van der Waals surface area contributed by atoms with Crippen LogP contribution in [0.3, 0.4) is 0 Å². The summed E-state index contributed by atoms with van der Waals surface area (Å²) in [5.74, 6) is 0.608. The lowest BCUT2D eigenvalue weighted by Gasteiger charge is -2.27. The van der Waals surface area contributed by atoms with Crippen LogP contribution >= 0.6 is 0 Å². The molecule has 1 aliphatic rings. The highest BCUT2D eigenvalue weighted by Gasteiger charge is 2.42. The van der Waals surface area contributed by atoms with Crippen LogP contribution in [-0.4, -0.2) is 30.9 Å². The van der Waals surface area contributed by atoms with E-state index in [9.17, 15) is 9.59 Å². The van der Waals surface area contributed by atoms with E-state index in [4.69, 9.17) is 15.2 Å². The zero-order valence-corrected chi connectivity index (χ0v) is 16.1. The summed E-state index contributed by atoms with van der Waals surface area (Å²) in [7, 11) is 3.17. The Kier molecular flexibility index (Phi) is 4.68. The number of hydrogen-bond acceptors (Lipinski definition) is 5. The van der Waals surface area contributed by atoms with Gasteiger partial charge in [-0.25, -0.2) is 0 Å². The molecule has 2 amide bonds. The van der Waals surface area contributed by atoms with E-state index in [0.29, 0.717) is 22.7 Å². The molecule has 3 aromatic rings. The van der Waals surface area contributed by atoms with Crippen LogP contribution in [0.15, 0.2) is 66.7 Å². The van der Waals surface area contributed by atoms with Crippen LogP contribution in [0.1, 0.15) is 37.9 Å². The van der Waals surface area contributed by atoms with E-state index < -0.39 is 11.9 Å². The average Bonchev–Trinajstić information content (AvgIpc) is 3.01. The number of methoxy groups -OCH3 is 2. The van der Waals surface area contributed by atoms with Gasteiger partial charge in [0.05, 0.1) is 31.4 Å². The van der Waals surface area contributed by atoms with Gasteiger partial charge in [0, 0.05) is 5.69 Å². The molecule has 6 heteroatoms. The number of rotatable bonds is 5. The summed E-state index contributed by atoms with van der Waals surface area (Å²) >= 11 is 0. The second-order valence-electron chi connectivity index (χ2n) is 6.70. The fraction of sp³-hybridized carbons (Fsp3) is 0.130. The van der Waals surface area contributed by atoms with Crippen LogP contribution in [0.25, 0.3) is 0 Å². The maximum Gasteiger partial charge on any atom is 0.264 e. The first-order valence-electron chi connectivity index (χ1n) is 9.09. The van der Waals surface area contributed by atoms with Gasteiger partial charge >= 0.3 is 0 Å². The van der Waals surface area contributed by atoms with Gasteiger partial charge in [0.15, 0.2) is 0 Å². The van der Waals surface area contributed by atoms with Gasteiger partial charge in [-0.2, -0.15) is 0 Å². The lowest BCUT2D eigenvalue weighted by Crippen LogP contribution is -2.34. The van der Waals surface area contributed by atoms with Crippen molar-refractivity contribution < 1.29 is 19.1 Å². The number of imide groups is 1. The van der Waals surface area contributed by atoms with Crippen LogP contribution in [-0.2, 0) is 0 Å². The highest BCUT2D eigenvalue weighted by atomic mass is 16.5. The maximum absolute atomic E-state index is 13.2. The van der Waals surface area contributed by atoms with Crippen molar-refractivity contribution in [3.63, 3.8) is 0 Å². The van der Waals surface area contributed by atoms with Crippen molar-refractivity contribution in [1.82, 2.24) is 4.90 Å². The number of carbonyl (C=O) groups excluding carboxylic acids is 2. The molecular weight excluding hydrogens is 368 g/mol. The summed E-state index contributed by atoms with van der Waals surface area (Å²) < 4.78 is 10.5. The Labute approximate surface area is 168 Å². The third kappa shape index (κ3) is 3.08. The Morgan fingerprint density at radius 1 is 0.759 bits per heavy atom. The van der Waals surface area contributed by atoms with Gasteiger partial charge in [0.1, 0.15) is 11.5 Å². The Bertz CT molecular complexity index is 1030. The molecule has 0 bridgehead atoms. The fourth-order valence-corrected chi connectivity index (χ4v) is 3.63. The lowest BCUT2D eigenvalue weighted by atomic mass is 9.96. The summed E-state index contributed by atoms with van der Waals surface area (Å²) in [5, 5.41) is 0. The molecule has 146 valence electrons. The van der Waals surface area contributed by atoms with E-state index in [1.165, 1.54) is 4.90 Å². The SMILES string of the molecule is COc1ccc(C(c2ccc(OC)cc2)N2C(=O)c3cccc(N)c3C2=O)cc1. The minimum Gasteiger partial charge on any atom is -0.497 e. The predicted molar refractivity (Wildman–Crippen MR) is 109 cm³/mol. The smallest absolute Gasteiger partial charge is 0.264 e. The first kappa shape index (κ1) is 18.6. The molecule has 0 aliphatic carbocycles. The van der Waals surface area contributed by atoms with Crippen molar-refractivity contribution in [2.45, 2.75) is 6.04 Å². The van der Waals surface area contributed by atoms with E-state index in [2.05, 4.69) is 0 Å². The quantitative estimate of drug-likeness (QED) is 0.533. The van der Waals surface area contributed by atoms with Crippen molar-refractivity contribution in [1.29, 1.82) is 0 Å². The monoisotopic (exact) mass is 388 g/mol. The van der Waals surface area contributed by atoms with E-state index in [1.807, 2.05) is 24.3 Å². The summed E-state index contributed by atoms with van der Waals surface area (Å²) in [6, 6.07) is 18.9. The molecule has 3 aromatic carbocycles. The highest BCUT2D eigenvalue weighted by molar-refractivity contribution is 6.24. The number of nitrogen functional groups attached to an aromatic ring is 1. The van der Waals surface area contributed by atoms with Crippen molar-refractivity contribution in [3.05, 3.63) is 89.0 Å². The number of nitrogens with two attached hydrogens (primary N) is 1. The van der Waals surface area contributed by atoms with Crippen LogP contribution in [0, 0.1) is 0 Å². The average molecular weight is 388 g/mol. The van der Waals surface area contributed by atoms with E-state index >= 15 is 0 Å². The first-order chi connectivity index (χ1) is 14.0. The summed E-state index contributed by atoms with van der Waals surface area (Å²) in [6.07, 6.45) is 0. The standard InChI is InChI=1S/C23H20N2O4/c1-28-16-10-6-14(7-11-16)21(15-8-12-17(29-2)13-9-15)25-22(26)18-4-3-5-19(24)20(18)23(25)27/h3-13,21H,24H2,1-2H3. The third-order valence-corrected chi connectivity index (χ3v) is 5.10. The number of amides is 2. The van der Waals surface area contributed by atoms with Crippen molar-refractivity contribution in [3.8, 4) is 11.5 Å². The molecule has 0 unspecified atom stereocenters. The highest BCUT2D eigenvalue weighted by Crippen LogP contribution is 2.38. The van der Waals surface area contributed by atoms with Crippen molar-refractivity contribution >= 4 is 17.5 Å². The van der Waals surface area contributed by atoms with Gasteiger partial charge in [-0.15, -0.1) is 0 Å². The van der Waals surface area contributed by atoms with Gasteiger partial charge < -0.3 is 15.2 Å². The van der Waals surface area contributed by atoms with Crippen LogP contribution in [0.2, 0.25) is 0 Å². The second-order valence-corrected chi connectivity index (χ2v) is 6.70. The van der Waals surface area contributed by atoms with E-state index in [1.54, 1.807) is 56.7 Å². The zero-order valence-electron chi connectivity index (χ0n) is 16.1. The number of ether oxygens (including phenoxy) is 2. The molecule has 0 radical (unpaired) electrons. The van der Waals surface area contributed by atoms with Gasteiger partial charge in [-0.05, 0) is 47.5 Å². The number of anilines is 1. The summed E-state index contributed by atoms with van der Waals surface area (Å²) in [6.45, 7) is 0. The molecule has 4 rings (SSSR count). The minimum atomic E-state index is -0.612. The number of benzene rings is 3. The number of hydrogen-bond donors (Lipinski definition) is 1. The van der Waals surface area contributed by atoms with E-state index in [-0.39, 0.29) is 11.5 Å². The molecule has 1 aliphatic heterocycles. The Morgan fingerprint density at radius 3 is 1.72 bits per heavy atom. The minimum absolute atomic E-state index is 0.254. The molecule has 0 spiro atoms. The fourth-order valence-electron chi connectivity index (χ4n) is 3.63. The van der Waals surface area contributed by atoms with Crippen LogP contribution in [0.4, 0.5) is 5.69 Å². The van der Waals surface area contributed by atoms with Crippen LogP contribution in [0.5, 0.6) is 11.5 Å². The molecule has 0 fully saturated rings. The van der Waals surface area contributed by atoms with E-state index in [0.717, 1.165) is 11.1 Å². The van der Waals surface area contributed by atoms with Crippen molar-refractivity contribution in [2.24, 2.45) is 0 Å². The molecule has 0 atom stereocenters. The van der Waals surface area contributed by atoms with Crippen molar-refractivity contribution in [2.75, 3.05) is 20.0 Å². The van der Waals surface area contributed by atoms with Gasteiger partial charge in [0.25, 0.3) is 11.8 Å². The number of nitrogens with zero attached hydrogens (tertiary/aromatic N) is 1. The zero-order chi connectivity index (χ0) is 20.5. The Balaban J connectivity index is 1.85. The van der Waals surface area contributed by atoms with Crippen LogP contribution < -0.4 is 15.2 Å². The number of fused-ring (bicyclic) bond motifs is 1. The third-order valence-electron chi connectivity index (χ3n) is 5.10. The summed E-state index contributed by atoms with van der Waals surface area (Å²) in [5.41, 5.74) is 8.44.